The zero-order valence-electron chi connectivity index (χ0n) is 11.5. The van der Waals surface area contributed by atoms with E-state index in [-0.39, 0.29) is 0 Å². The van der Waals surface area contributed by atoms with Crippen molar-refractivity contribution in [2.75, 3.05) is 18.4 Å². The van der Waals surface area contributed by atoms with E-state index in [4.69, 9.17) is 0 Å². The summed E-state index contributed by atoms with van der Waals surface area (Å²) in [6.07, 6.45) is -0.0201. The van der Waals surface area contributed by atoms with E-state index < -0.39 is 16.3 Å². The van der Waals surface area contributed by atoms with E-state index in [9.17, 15) is 13.2 Å². The molecule has 0 aromatic heterocycles. The minimum absolute atomic E-state index is 0.372. The summed E-state index contributed by atoms with van der Waals surface area (Å²) in [5.74, 6) is 0. The van der Waals surface area contributed by atoms with Crippen molar-refractivity contribution in [3.8, 4) is 0 Å². The lowest BCUT2D eigenvalue weighted by atomic mass is 10.2. The molecule has 1 aromatic carbocycles. The molecule has 0 saturated carbocycles. The summed E-state index contributed by atoms with van der Waals surface area (Å²) in [6.45, 7) is 3.60. The number of hydrogen-bond donors (Lipinski definition) is 3. The van der Waals surface area contributed by atoms with Crippen LogP contribution in [0.4, 0.5) is 10.5 Å². The van der Waals surface area contributed by atoms with Crippen LogP contribution in [-0.2, 0) is 21.5 Å². The number of anilines is 1. The topological polar surface area (TPSA) is 96.5 Å². The second-order valence-corrected chi connectivity index (χ2v) is 5.49. The van der Waals surface area contributed by atoms with Crippen molar-refractivity contribution >= 4 is 22.0 Å². The van der Waals surface area contributed by atoms with Gasteiger partial charge in [-0.15, -0.1) is 0 Å². The molecule has 0 radical (unpaired) electrons. The standard InChI is InChI=1S/C12H19N3O4S/c1-3-7-13-9-10-5-4-6-11(8-10)14-20(17,18)15-12(16)19-2/h4-6,8,13-14H,3,7,9H2,1-2H3,(H,15,16). The highest BCUT2D eigenvalue weighted by molar-refractivity contribution is 7.91. The maximum atomic E-state index is 11.6. The molecule has 0 unspecified atom stereocenters. The van der Waals surface area contributed by atoms with E-state index in [2.05, 4.69) is 21.7 Å². The van der Waals surface area contributed by atoms with Crippen molar-refractivity contribution in [3.05, 3.63) is 29.8 Å². The molecule has 0 fully saturated rings. The number of hydrogen-bond acceptors (Lipinski definition) is 5. The molecule has 0 saturated heterocycles. The van der Waals surface area contributed by atoms with Crippen LogP contribution >= 0.6 is 0 Å². The van der Waals surface area contributed by atoms with Crippen LogP contribution in [0.2, 0.25) is 0 Å². The van der Waals surface area contributed by atoms with Gasteiger partial charge in [0, 0.05) is 6.54 Å². The van der Waals surface area contributed by atoms with E-state index in [0.717, 1.165) is 25.6 Å². The average Bonchev–Trinajstić information content (AvgIpc) is 2.38. The number of carbonyl (C=O) groups excluding carboxylic acids is 1. The first-order valence-corrected chi connectivity index (χ1v) is 7.63. The fourth-order valence-electron chi connectivity index (χ4n) is 1.49. The van der Waals surface area contributed by atoms with E-state index in [0.29, 0.717) is 12.2 Å². The van der Waals surface area contributed by atoms with Gasteiger partial charge in [0.25, 0.3) is 0 Å². The number of nitrogens with one attached hydrogen (secondary N) is 3. The maximum Gasteiger partial charge on any atom is 0.422 e. The lowest BCUT2D eigenvalue weighted by Crippen LogP contribution is -2.35. The Morgan fingerprint density at radius 3 is 2.75 bits per heavy atom. The SMILES string of the molecule is CCCNCc1cccc(NS(=O)(=O)NC(=O)OC)c1. The summed E-state index contributed by atoms with van der Waals surface area (Å²) in [4.78, 5) is 10.9. The Morgan fingerprint density at radius 2 is 2.10 bits per heavy atom. The first kappa shape index (κ1) is 16.3. The van der Waals surface area contributed by atoms with Crippen LogP contribution in [0.3, 0.4) is 0 Å². The Balaban J connectivity index is 2.67. The lowest BCUT2D eigenvalue weighted by molar-refractivity contribution is 0.177. The van der Waals surface area contributed by atoms with Crippen LogP contribution in [0.5, 0.6) is 0 Å². The van der Waals surface area contributed by atoms with Gasteiger partial charge in [0.2, 0.25) is 0 Å². The van der Waals surface area contributed by atoms with Crippen molar-refractivity contribution < 1.29 is 17.9 Å². The van der Waals surface area contributed by atoms with Crippen LogP contribution in [0, 0.1) is 0 Å². The predicted octanol–water partition coefficient (Wildman–Crippen LogP) is 1.20. The van der Waals surface area contributed by atoms with Gasteiger partial charge in [0.1, 0.15) is 0 Å². The predicted molar refractivity (Wildman–Crippen MR) is 76.5 cm³/mol. The molecule has 0 heterocycles. The number of ether oxygens (including phenoxy) is 1. The molecule has 8 heteroatoms. The summed E-state index contributed by atoms with van der Waals surface area (Å²) in [6, 6.07) is 6.91. The molecule has 3 N–H and O–H groups in total. The van der Waals surface area contributed by atoms with Gasteiger partial charge in [-0.3, -0.25) is 4.72 Å². The zero-order valence-corrected chi connectivity index (χ0v) is 12.3. The van der Waals surface area contributed by atoms with Gasteiger partial charge in [-0.1, -0.05) is 19.1 Å². The summed E-state index contributed by atoms with van der Waals surface area (Å²) in [5, 5.41) is 3.22. The normalized spacial score (nSPS) is 10.9. The zero-order chi connectivity index (χ0) is 15.0. The highest BCUT2D eigenvalue weighted by Crippen LogP contribution is 2.11. The third kappa shape index (κ3) is 5.89. The first-order chi connectivity index (χ1) is 9.46. The average molecular weight is 301 g/mol. The number of rotatable bonds is 7. The van der Waals surface area contributed by atoms with Crippen molar-refractivity contribution in [2.24, 2.45) is 0 Å². The molecular formula is C12H19N3O4S. The summed E-state index contributed by atoms with van der Waals surface area (Å²) in [7, 11) is -2.89. The molecule has 1 aromatic rings. The van der Waals surface area contributed by atoms with Crippen molar-refractivity contribution in [3.63, 3.8) is 0 Å². The Bertz CT molecular complexity index is 545. The second kappa shape index (κ2) is 7.71. The minimum Gasteiger partial charge on any atom is -0.452 e. The molecule has 0 spiro atoms. The van der Waals surface area contributed by atoms with Gasteiger partial charge in [0.15, 0.2) is 0 Å². The van der Waals surface area contributed by atoms with Crippen LogP contribution in [0.1, 0.15) is 18.9 Å². The van der Waals surface area contributed by atoms with Crippen LogP contribution < -0.4 is 14.8 Å². The molecule has 0 aliphatic carbocycles. The molecule has 1 amide bonds. The Morgan fingerprint density at radius 1 is 1.35 bits per heavy atom. The van der Waals surface area contributed by atoms with E-state index in [1.807, 2.05) is 6.07 Å². The van der Waals surface area contributed by atoms with E-state index in [1.165, 1.54) is 0 Å². The summed E-state index contributed by atoms with van der Waals surface area (Å²) < 4.78 is 31.4. The number of benzene rings is 1. The number of carbonyl (C=O) groups is 1. The number of methoxy groups -OCH3 is 1. The van der Waals surface area contributed by atoms with Crippen LogP contribution in [-0.4, -0.2) is 28.2 Å². The summed E-state index contributed by atoms with van der Waals surface area (Å²) >= 11 is 0. The molecule has 20 heavy (non-hydrogen) atoms. The van der Waals surface area contributed by atoms with E-state index >= 15 is 0 Å². The van der Waals surface area contributed by atoms with Gasteiger partial charge < -0.3 is 10.1 Å². The van der Waals surface area contributed by atoms with Gasteiger partial charge in [-0.2, -0.15) is 8.42 Å². The lowest BCUT2D eigenvalue weighted by Gasteiger charge is -2.10. The Labute approximate surface area is 118 Å². The van der Waals surface area contributed by atoms with Gasteiger partial charge in [-0.05, 0) is 30.7 Å². The van der Waals surface area contributed by atoms with Gasteiger partial charge >= 0.3 is 16.3 Å². The second-order valence-electron chi connectivity index (χ2n) is 4.08. The Kier molecular flexibility index (Phi) is 6.26. The highest BCUT2D eigenvalue weighted by Gasteiger charge is 2.14. The van der Waals surface area contributed by atoms with Crippen LogP contribution in [0.15, 0.2) is 24.3 Å². The molecular weight excluding hydrogens is 282 g/mol. The van der Waals surface area contributed by atoms with Crippen molar-refractivity contribution in [1.82, 2.24) is 10.0 Å². The maximum absolute atomic E-state index is 11.6. The highest BCUT2D eigenvalue weighted by atomic mass is 32.2. The molecule has 0 aliphatic heterocycles. The Hall–Kier alpha value is -1.80. The third-order valence-electron chi connectivity index (χ3n) is 2.34. The van der Waals surface area contributed by atoms with Gasteiger partial charge in [-0.25, -0.2) is 9.52 Å². The monoisotopic (exact) mass is 301 g/mol. The molecule has 0 aliphatic rings. The van der Waals surface area contributed by atoms with Gasteiger partial charge in [0.05, 0.1) is 12.8 Å². The summed E-state index contributed by atoms with van der Waals surface area (Å²) in [5.41, 5.74) is 1.31. The molecule has 0 atom stereocenters. The largest absolute Gasteiger partial charge is 0.452 e. The fourth-order valence-corrected chi connectivity index (χ4v) is 2.28. The van der Waals surface area contributed by atoms with Crippen LogP contribution in [0.25, 0.3) is 0 Å². The fraction of sp³-hybridized carbons (Fsp3) is 0.417. The smallest absolute Gasteiger partial charge is 0.422 e. The van der Waals surface area contributed by atoms with E-state index in [1.54, 1.807) is 22.9 Å². The van der Waals surface area contributed by atoms with Crippen molar-refractivity contribution in [2.45, 2.75) is 19.9 Å². The first-order valence-electron chi connectivity index (χ1n) is 6.15. The molecule has 1 rings (SSSR count). The molecule has 7 nitrogen and oxygen atoms in total. The quantitative estimate of drug-likeness (QED) is 0.658. The third-order valence-corrected chi connectivity index (χ3v) is 3.28. The molecule has 0 bridgehead atoms. The minimum atomic E-state index is -3.98. The molecule has 112 valence electrons. The van der Waals surface area contributed by atoms with Crippen molar-refractivity contribution in [1.29, 1.82) is 0 Å². The number of amides is 1.